The van der Waals surface area contributed by atoms with Crippen molar-refractivity contribution < 1.29 is 22.4 Å². The molecular weight excluding hydrogens is 288 g/mol. The van der Waals surface area contributed by atoms with Gasteiger partial charge in [0.2, 0.25) is 0 Å². The molecule has 0 aromatic heterocycles. The van der Waals surface area contributed by atoms with E-state index in [0.717, 1.165) is 18.9 Å². The lowest BCUT2D eigenvalue weighted by Crippen LogP contribution is -2.53. The molecule has 1 amide bonds. The zero-order chi connectivity index (χ0) is 15.8. The topological polar surface area (TPSA) is 55.1 Å². The summed E-state index contributed by atoms with van der Waals surface area (Å²) < 4.78 is 51.2. The Balaban J connectivity index is 2.25. The highest BCUT2D eigenvalue weighted by atomic mass is 19.4. The van der Waals surface area contributed by atoms with Gasteiger partial charge in [-0.15, -0.1) is 0 Å². The Morgan fingerprint density at radius 2 is 1.95 bits per heavy atom. The Morgan fingerprint density at radius 3 is 2.43 bits per heavy atom. The summed E-state index contributed by atoms with van der Waals surface area (Å²) in [6, 6.07) is 1.79. The van der Waals surface area contributed by atoms with E-state index >= 15 is 0 Å². The highest BCUT2D eigenvalue weighted by Crippen LogP contribution is 2.39. The van der Waals surface area contributed by atoms with Crippen LogP contribution in [0.4, 0.5) is 17.6 Å². The fraction of sp³-hybridized carbons (Fsp3) is 0.500. The maximum absolute atomic E-state index is 13.3. The van der Waals surface area contributed by atoms with Gasteiger partial charge in [0.1, 0.15) is 5.82 Å². The first-order valence-electron chi connectivity index (χ1n) is 6.56. The number of nitrogens with two attached hydrogens (primary N) is 1. The zero-order valence-electron chi connectivity index (χ0n) is 11.4. The summed E-state index contributed by atoms with van der Waals surface area (Å²) in [6.45, 7) is 1.91. The normalized spacial score (nSPS) is 18.2. The van der Waals surface area contributed by atoms with E-state index in [0.29, 0.717) is 12.1 Å². The molecule has 2 rings (SSSR count). The van der Waals surface area contributed by atoms with Crippen molar-refractivity contribution >= 4 is 5.91 Å². The number of carbonyl (C=O) groups excluding carboxylic acids is 1. The summed E-state index contributed by atoms with van der Waals surface area (Å²) in [5, 5.41) is 2.63. The minimum absolute atomic E-state index is 0.171. The van der Waals surface area contributed by atoms with Crippen molar-refractivity contribution in [1.82, 2.24) is 5.32 Å². The van der Waals surface area contributed by atoms with Gasteiger partial charge in [-0.3, -0.25) is 4.79 Å². The molecule has 7 heteroatoms. The van der Waals surface area contributed by atoms with E-state index in [2.05, 4.69) is 5.32 Å². The number of halogens is 4. The van der Waals surface area contributed by atoms with E-state index in [9.17, 15) is 22.4 Å². The maximum atomic E-state index is 13.3. The molecule has 0 bridgehead atoms. The Morgan fingerprint density at radius 1 is 1.33 bits per heavy atom. The molecule has 3 nitrogen and oxygen atoms in total. The van der Waals surface area contributed by atoms with Gasteiger partial charge in [0, 0.05) is 12.1 Å². The zero-order valence-corrected chi connectivity index (χ0v) is 11.4. The molecule has 0 saturated heterocycles. The van der Waals surface area contributed by atoms with Crippen LogP contribution in [-0.4, -0.2) is 18.0 Å². The largest absolute Gasteiger partial charge is 0.416 e. The van der Waals surface area contributed by atoms with Crippen LogP contribution >= 0.6 is 0 Å². The minimum atomic E-state index is -4.70. The number of hydrogen-bond acceptors (Lipinski definition) is 2. The second kappa shape index (κ2) is 5.29. The first kappa shape index (κ1) is 15.8. The average Bonchev–Trinajstić information content (AvgIpc) is 3.21. The van der Waals surface area contributed by atoms with E-state index in [1.165, 1.54) is 0 Å². The first-order chi connectivity index (χ1) is 9.65. The molecule has 1 fully saturated rings. The molecule has 0 aliphatic heterocycles. The second-order valence-corrected chi connectivity index (χ2v) is 5.58. The smallest absolute Gasteiger partial charge is 0.345 e. The Hall–Kier alpha value is -1.63. The van der Waals surface area contributed by atoms with Crippen LogP contribution in [0, 0.1) is 11.7 Å². The lowest BCUT2D eigenvalue weighted by atomic mass is 9.95. The summed E-state index contributed by atoms with van der Waals surface area (Å²) >= 11 is 0. The standard InChI is InChI=1S/C14H16F4N2O/c1-13(7-19,9-2-3-9)20-12(21)8-4-10(14(16,17)18)6-11(15)5-8/h4-6,9H,2-3,7,19H2,1H3,(H,20,21). The number of amides is 1. The first-order valence-corrected chi connectivity index (χ1v) is 6.56. The van der Waals surface area contributed by atoms with Crippen molar-refractivity contribution in [1.29, 1.82) is 0 Å². The van der Waals surface area contributed by atoms with Gasteiger partial charge >= 0.3 is 6.18 Å². The van der Waals surface area contributed by atoms with Gasteiger partial charge in [-0.2, -0.15) is 13.2 Å². The molecule has 0 spiro atoms. The summed E-state index contributed by atoms with van der Waals surface area (Å²) in [5.74, 6) is -1.64. The third-order valence-corrected chi connectivity index (χ3v) is 3.79. The van der Waals surface area contributed by atoms with E-state index in [4.69, 9.17) is 5.73 Å². The van der Waals surface area contributed by atoms with Crippen molar-refractivity contribution in [2.24, 2.45) is 11.7 Å². The van der Waals surface area contributed by atoms with Crippen molar-refractivity contribution in [3.05, 3.63) is 35.1 Å². The number of nitrogens with one attached hydrogen (secondary N) is 1. The highest BCUT2D eigenvalue weighted by molar-refractivity contribution is 5.95. The van der Waals surface area contributed by atoms with Gasteiger partial charge in [0.25, 0.3) is 5.91 Å². The fourth-order valence-electron chi connectivity index (χ4n) is 2.26. The van der Waals surface area contributed by atoms with Crippen LogP contribution in [0.2, 0.25) is 0 Å². The summed E-state index contributed by atoms with van der Waals surface area (Å²) in [7, 11) is 0. The molecule has 0 heterocycles. The molecule has 1 saturated carbocycles. The average molecular weight is 304 g/mol. The van der Waals surface area contributed by atoms with Crippen LogP contribution in [0.3, 0.4) is 0 Å². The van der Waals surface area contributed by atoms with Crippen molar-refractivity contribution in [3.63, 3.8) is 0 Å². The summed E-state index contributed by atoms with van der Waals surface area (Å²) in [5.41, 5.74) is 3.41. The van der Waals surface area contributed by atoms with Gasteiger partial charge in [0.15, 0.2) is 0 Å². The van der Waals surface area contributed by atoms with E-state index < -0.39 is 29.0 Å². The number of hydrogen-bond donors (Lipinski definition) is 2. The molecule has 3 N–H and O–H groups in total. The Bertz CT molecular complexity index is 554. The number of rotatable bonds is 4. The minimum Gasteiger partial charge on any atom is -0.345 e. The molecule has 1 atom stereocenters. The number of alkyl halides is 3. The SMILES string of the molecule is CC(CN)(NC(=O)c1cc(F)cc(C(F)(F)F)c1)C1CC1. The van der Waals surface area contributed by atoms with Crippen molar-refractivity contribution in [3.8, 4) is 0 Å². The molecule has 116 valence electrons. The molecule has 1 aliphatic carbocycles. The third kappa shape index (κ3) is 3.53. The fourth-order valence-corrected chi connectivity index (χ4v) is 2.26. The van der Waals surface area contributed by atoms with Crippen molar-refractivity contribution in [2.75, 3.05) is 6.54 Å². The quantitative estimate of drug-likeness (QED) is 0.840. The van der Waals surface area contributed by atoms with Crippen LogP contribution in [0.25, 0.3) is 0 Å². The lowest BCUT2D eigenvalue weighted by Gasteiger charge is -2.29. The van der Waals surface area contributed by atoms with Crippen LogP contribution in [0.5, 0.6) is 0 Å². The van der Waals surface area contributed by atoms with Gasteiger partial charge in [0.05, 0.1) is 11.1 Å². The van der Waals surface area contributed by atoms with Crippen LogP contribution in [0.15, 0.2) is 18.2 Å². The molecule has 1 unspecified atom stereocenters. The van der Waals surface area contributed by atoms with Crippen LogP contribution in [-0.2, 0) is 6.18 Å². The Labute approximate surface area is 119 Å². The maximum Gasteiger partial charge on any atom is 0.416 e. The van der Waals surface area contributed by atoms with Gasteiger partial charge in [-0.05, 0) is 43.9 Å². The predicted molar refractivity (Wildman–Crippen MR) is 69.1 cm³/mol. The number of benzene rings is 1. The van der Waals surface area contributed by atoms with E-state index in [1.807, 2.05) is 0 Å². The lowest BCUT2D eigenvalue weighted by molar-refractivity contribution is -0.137. The van der Waals surface area contributed by atoms with Crippen molar-refractivity contribution in [2.45, 2.75) is 31.5 Å². The monoisotopic (exact) mass is 304 g/mol. The molecule has 1 aromatic rings. The third-order valence-electron chi connectivity index (χ3n) is 3.79. The van der Waals surface area contributed by atoms with Gasteiger partial charge in [-0.1, -0.05) is 0 Å². The molecule has 1 aliphatic rings. The molecular formula is C14H16F4N2O. The summed E-state index contributed by atoms with van der Waals surface area (Å²) in [6.07, 6.45) is -2.89. The summed E-state index contributed by atoms with van der Waals surface area (Å²) in [4.78, 5) is 12.1. The number of carbonyl (C=O) groups is 1. The van der Waals surface area contributed by atoms with Crippen LogP contribution in [0.1, 0.15) is 35.7 Å². The van der Waals surface area contributed by atoms with Crippen LogP contribution < -0.4 is 11.1 Å². The molecule has 21 heavy (non-hydrogen) atoms. The van der Waals surface area contributed by atoms with E-state index in [1.54, 1.807) is 6.92 Å². The Kier molecular flexibility index (Phi) is 3.97. The molecule has 0 radical (unpaired) electrons. The molecule has 1 aromatic carbocycles. The predicted octanol–water partition coefficient (Wildman–Crippen LogP) is 2.70. The van der Waals surface area contributed by atoms with Gasteiger partial charge < -0.3 is 11.1 Å². The van der Waals surface area contributed by atoms with E-state index in [-0.39, 0.29) is 18.0 Å². The van der Waals surface area contributed by atoms with Gasteiger partial charge in [-0.25, -0.2) is 4.39 Å². The highest BCUT2D eigenvalue weighted by Gasteiger charge is 2.42. The second-order valence-electron chi connectivity index (χ2n) is 5.58.